The lowest BCUT2D eigenvalue weighted by Crippen LogP contribution is -2.53. The van der Waals surface area contributed by atoms with E-state index < -0.39 is 0 Å². The Morgan fingerprint density at radius 1 is 1.21 bits per heavy atom. The molecular weight excluding hydrogens is 357 g/mol. The fourth-order valence-corrected chi connectivity index (χ4v) is 4.48. The highest BCUT2D eigenvalue weighted by Gasteiger charge is 2.35. The van der Waals surface area contributed by atoms with Crippen molar-refractivity contribution >= 4 is 5.91 Å². The highest BCUT2D eigenvalue weighted by atomic mass is 19.1. The van der Waals surface area contributed by atoms with Crippen molar-refractivity contribution in [3.8, 4) is 0 Å². The lowest BCUT2D eigenvalue weighted by Gasteiger charge is -2.39. The Hall–Kier alpha value is -1.50. The van der Waals surface area contributed by atoms with Gasteiger partial charge in [-0.05, 0) is 70.3 Å². The summed E-state index contributed by atoms with van der Waals surface area (Å²) < 4.78 is 19.4. The van der Waals surface area contributed by atoms with E-state index in [-0.39, 0.29) is 29.8 Å². The Balaban J connectivity index is 1.48. The summed E-state index contributed by atoms with van der Waals surface area (Å²) in [6.07, 6.45) is 5.51. The van der Waals surface area contributed by atoms with Gasteiger partial charge in [-0.1, -0.05) is 18.2 Å². The number of carbonyl (C=O) groups excluding carboxylic acids is 1. The molecule has 0 spiro atoms. The molecular formula is C22H34FN3O2. The van der Waals surface area contributed by atoms with Crippen molar-refractivity contribution in [1.82, 2.24) is 15.5 Å². The highest BCUT2D eigenvalue weighted by molar-refractivity contribution is 5.78. The van der Waals surface area contributed by atoms with Crippen molar-refractivity contribution in [3.05, 3.63) is 35.6 Å². The zero-order valence-corrected chi connectivity index (χ0v) is 17.1. The average Bonchev–Trinajstić information content (AvgIpc) is 2.71. The number of nitrogens with one attached hydrogen (secondary N) is 2. The number of ether oxygens (including phenoxy) is 1. The lowest BCUT2D eigenvalue weighted by atomic mass is 9.82. The Morgan fingerprint density at radius 3 is 2.68 bits per heavy atom. The van der Waals surface area contributed by atoms with Crippen molar-refractivity contribution in [2.75, 3.05) is 33.8 Å². The summed E-state index contributed by atoms with van der Waals surface area (Å²) in [6, 6.07) is 7.46. The molecule has 1 aromatic carbocycles. The van der Waals surface area contributed by atoms with E-state index in [1.165, 1.54) is 6.07 Å². The second-order valence-corrected chi connectivity index (χ2v) is 8.27. The van der Waals surface area contributed by atoms with Gasteiger partial charge in [0.25, 0.3) is 0 Å². The number of likely N-dealkylation sites (tertiary alicyclic amines) is 1. The zero-order chi connectivity index (χ0) is 19.9. The molecule has 28 heavy (non-hydrogen) atoms. The topological polar surface area (TPSA) is 53.6 Å². The summed E-state index contributed by atoms with van der Waals surface area (Å²) in [6.45, 7) is 2.70. The minimum Gasteiger partial charge on any atom is -0.380 e. The number of benzene rings is 1. The van der Waals surface area contributed by atoms with Gasteiger partial charge in [0.15, 0.2) is 0 Å². The Kier molecular flexibility index (Phi) is 7.82. The quantitative estimate of drug-likeness (QED) is 0.749. The van der Waals surface area contributed by atoms with Gasteiger partial charge in [-0.25, -0.2) is 4.39 Å². The number of hydrogen-bond acceptors (Lipinski definition) is 4. The fraction of sp³-hybridized carbons (Fsp3) is 0.682. The number of piperidine rings is 1. The summed E-state index contributed by atoms with van der Waals surface area (Å²) in [5.41, 5.74) is 0.646. The van der Waals surface area contributed by atoms with E-state index in [2.05, 4.69) is 22.6 Å². The average molecular weight is 392 g/mol. The number of amides is 1. The first-order valence-electron chi connectivity index (χ1n) is 10.6. The third-order valence-electron chi connectivity index (χ3n) is 6.28. The van der Waals surface area contributed by atoms with E-state index in [4.69, 9.17) is 4.74 Å². The van der Waals surface area contributed by atoms with Gasteiger partial charge in [0.2, 0.25) is 5.91 Å². The molecule has 0 aromatic heterocycles. The van der Waals surface area contributed by atoms with Crippen molar-refractivity contribution in [1.29, 1.82) is 0 Å². The Labute approximate surface area is 168 Å². The van der Waals surface area contributed by atoms with Crippen LogP contribution in [0, 0.1) is 11.7 Å². The van der Waals surface area contributed by atoms with Crippen molar-refractivity contribution in [2.45, 2.75) is 56.7 Å². The van der Waals surface area contributed by atoms with Crippen LogP contribution in [-0.2, 0) is 16.0 Å². The van der Waals surface area contributed by atoms with Gasteiger partial charge < -0.3 is 20.3 Å². The first kappa shape index (κ1) is 21.2. The Bertz CT molecular complexity index is 634. The van der Waals surface area contributed by atoms with E-state index in [0.29, 0.717) is 24.6 Å². The predicted octanol–water partition coefficient (Wildman–Crippen LogP) is 2.35. The molecule has 1 saturated carbocycles. The molecule has 6 heteroatoms. The van der Waals surface area contributed by atoms with Crippen LogP contribution in [0.5, 0.6) is 0 Å². The SMILES string of the molecule is CO[C@@H]1CC[C@H](C(=O)NCCc2ccccc2F)C[C@H]1NC1CCN(C)CC1. The second-order valence-electron chi connectivity index (χ2n) is 8.27. The van der Waals surface area contributed by atoms with E-state index in [9.17, 15) is 9.18 Å². The molecule has 3 atom stereocenters. The van der Waals surface area contributed by atoms with Crippen LogP contribution >= 0.6 is 0 Å². The molecule has 3 rings (SSSR count). The van der Waals surface area contributed by atoms with Crippen LogP contribution in [-0.4, -0.2) is 62.8 Å². The maximum absolute atomic E-state index is 13.7. The molecule has 1 saturated heterocycles. The third kappa shape index (κ3) is 5.75. The van der Waals surface area contributed by atoms with E-state index in [1.54, 1.807) is 19.2 Å². The van der Waals surface area contributed by atoms with E-state index >= 15 is 0 Å². The minimum atomic E-state index is -0.209. The van der Waals surface area contributed by atoms with Crippen LogP contribution < -0.4 is 10.6 Å². The standard InChI is InChI=1S/C22H34FN3O2/c1-26-13-10-18(11-14-26)25-20-15-17(7-8-21(20)28-2)22(27)24-12-9-16-5-3-4-6-19(16)23/h3-6,17-18,20-21,25H,7-15H2,1-2H3,(H,24,27)/t17-,20+,21+/m0/s1. The van der Waals surface area contributed by atoms with Crippen LogP contribution in [0.1, 0.15) is 37.7 Å². The van der Waals surface area contributed by atoms with Gasteiger partial charge in [0.05, 0.1) is 6.10 Å². The van der Waals surface area contributed by atoms with Gasteiger partial charge in [-0.15, -0.1) is 0 Å². The molecule has 0 unspecified atom stereocenters. The maximum atomic E-state index is 13.7. The zero-order valence-electron chi connectivity index (χ0n) is 17.1. The summed E-state index contributed by atoms with van der Waals surface area (Å²) in [4.78, 5) is 15.0. The first-order valence-corrected chi connectivity index (χ1v) is 10.6. The van der Waals surface area contributed by atoms with E-state index in [1.807, 2.05) is 6.07 Å². The number of nitrogens with zero attached hydrogens (tertiary/aromatic N) is 1. The number of rotatable bonds is 7. The fourth-order valence-electron chi connectivity index (χ4n) is 4.48. The minimum absolute atomic E-state index is 0.00390. The van der Waals surface area contributed by atoms with Gasteiger partial charge in [0.1, 0.15) is 5.82 Å². The van der Waals surface area contributed by atoms with Crippen LogP contribution in [0.4, 0.5) is 4.39 Å². The summed E-state index contributed by atoms with van der Waals surface area (Å²) in [7, 11) is 3.93. The van der Waals surface area contributed by atoms with Gasteiger partial charge in [-0.2, -0.15) is 0 Å². The van der Waals surface area contributed by atoms with E-state index in [0.717, 1.165) is 45.2 Å². The predicted molar refractivity (Wildman–Crippen MR) is 109 cm³/mol. The molecule has 1 aromatic rings. The molecule has 156 valence electrons. The van der Waals surface area contributed by atoms with Gasteiger partial charge in [-0.3, -0.25) is 4.79 Å². The van der Waals surface area contributed by atoms with Gasteiger partial charge >= 0.3 is 0 Å². The van der Waals surface area contributed by atoms with Crippen molar-refractivity contribution in [2.24, 2.45) is 5.92 Å². The van der Waals surface area contributed by atoms with Crippen LogP contribution in [0.15, 0.2) is 24.3 Å². The van der Waals surface area contributed by atoms with Crippen LogP contribution in [0.2, 0.25) is 0 Å². The summed E-state index contributed by atoms with van der Waals surface area (Å²) in [5, 5.41) is 6.78. The van der Waals surface area contributed by atoms with Crippen molar-refractivity contribution < 1.29 is 13.9 Å². The van der Waals surface area contributed by atoms with Crippen molar-refractivity contribution in [3.63, 3.8) is 0 Å². The normalized spacial score (nSPS) is 26.9. The van der Waals surface area contributed by atoms with Crippen LogP contribution in [0.25, 0.3) is 0 Å². The second kappa shape index (κ2) is 10.3. The summed E-state index contributed by atoms with van der Waals surface area (Å²) in [5.74, 6) is -0.128. The molecule has 2 aliphatic rings. The number of methoxy groups -OCH3 is 1. The maximum Gasteiger partial charge on any atom is 0.223 e. The molecule has 1 aliphatic carbocycles. The first-order chi connectivity index (χ1) is 13.6. The molecule has 2 N–H and O–H groups in total. The highest BCUT2D eigenvalue weighted by Crippen LogP contribution is 2.28. The largest absolute Gasteiger partial charge is 0.380 e. The number of halogens is 1. The number of hydrogen-bond donors (Lipinski definition) is 2. The van der Waals surface area contributed by atoms with Gasteiger partial charge in [0, 0.05) is 31.7 Å². The molecule has 0 bridgehead atoms. The molecule has 1 amide bonds. The molecule has 2 fully saturated rings. The smallest absolute Gasteiger partial charge is 0.223 e. The summed E-state index contributed by atoms with van der Waals surface area (Å²) >= 11 is 0. The molecule has 1 aliphatic heterocycles. The molecule has 5 nitrogen and oxygen atoms in total. The number of carbonyl (C=O) groups is 1. The third-order valence-corrected chi connectivity index (χ3v) is 6.28. The Morgan fingerprint density at radius 2 is 1.96 bits per heavy atom. The molecule has 1 heterocycles. The molecule has 0 radical (unpaired) electrons. The van der Waals surface area contributed by atoms with Crippen LogP contribution in [0.3, 0.4) is 0 Å². The lowest BCUT2D eigenvalue weighted by molar-refractivity contribution is -0.127. The monoisotopic (exact) mass is 391 g/mol.